The van der Waals surface area contributed by atoms with Gasteiger partial charge in [-0.3, -0.25) is 4.79 Å². The highest BCUT2D eigenvalue weighted by molar-refractivity contribution is 6.06. The lowest BCUT2D eigenvalue weighted by Crippen LogP contribution is -2.26. The standard InChI is InChI=1S/C16H17N3O2/c1-2-17-15(20)13-10-6-7-11-14(13)19-16(21)18-12-8-4-3-5-9-12/h3-11H,2H2,1H3,(H,17,20)(H2,18,19,21). The molecule has 2 rings (SSSR count). The van der Waals surface area contributed by atoms with Gasteiger partial charge in [0.2, 0.25) is 0 Å². The Labute approximate surface area is 123 Å². The summed E-state index contributed by atoms with van der Waals surface area (Å²) in [6.45, 7) is 2.37. The number of carbonyl (C=O) groups is 2. The van der Waals surface area contributed by atoms with Gasteiger partial charge in [-0.05, 0) is 31.2 Å². The van der Waals surface area contributed by atoms with Gasteiger partial charge in [-0.25, -0.2) is 4.79 Å². The summed E-state index contributed by atoms with van der Waals surface area (Å²) in [5.74, 6) is -0.215. The van der Waals surface area contributed by atoms with Crippen LogP contribution >= 0.6 is 0 Å². The van der Waals surface area contributed by atoms with Gasteiger partial charge in [0.25, 0.3) is 5.91 Å². The van der Waals surface area contributed by atoms with Crippen LogP contribution < -0.4 is 16.0 Å². The molecule has 5 heteroatoms. The molecule has 0 spiro atoms. The summed E-state index contributed by atoms with van der Waals surface area (Å²) >= 11 is 0. The van der Waals surface area contributed by atoms with E-state index in [-0.39, 0.29) is 5.91 Å². The van der Waals surface area contributed by atoms with E-state index in [1.165, 1.54) is 0 Å². The molecule has 0 aromatic heterocycles. The molecule has 0 aliphatic heterocycles. The van der Waals surface area contributed by atoms with Crippen LogP contribution in [-0.2, 0) is 0 Å². The lowest BCUT2D eigenvalue weighted by molar-refractivity contribution is 0.0956. The van der Waals surface area contributed by atoms with Crippen LogP contribution in [0.15, 0.2) is 54.6 Å². The average Bonchev–Trinajstić information content (AvgIpc) is 2.49. The highest BCUT2D eigenvalue weighted by Gasteiger charge is 2.12. The molecule has 5 nitrogen and oxygen atoms in total. The Bertz CT molecular complexity index is 626. The molecule has 3 N–H and O–H groups in total. The van der Waals surface area contributed by atoms with Crippen LogP contribution in [0.5, 0.6) is 0 Å². The topological polar surface area (TPSA) is 70.2 Å². The third-order valence-corrected chi connectivity index (χ3v) is 2.79. The zero-order chi connectivity index (χ0) is 15.1. The normalized spacial score (nSPS) is 9.76. The third kappa shape index (κ3) is 4.07. The van der Waals surface area contributed by atoms with Crippen molar-refractivity contribution in [1.82, 2.24) is 5.32 Å². The van der Waals surface area contributed by atoms with Gasteiger partial charge in [0.15, 0.2) is 0 Å². The summed E-state index contributed by atoms with van der Waals surface area (Å²) < 4.78 is 0. The van der Waals surface area contributed by atoms with Crippen LogP contribution in [0.4, 0.5) is 16.2 Å². The molecule has 0 aliphatic carbocycles. The Balaban J connectivity index is 2.09. The van der Waals surface area contributed by atoms with Gasteiger partial charge in [-0.1, -0.05) is 30.3 Å². The molecule has 2 aromatic carbocycles. The highest BCUT2D eigenvalue weighted by atomic mass is 16.2. The maximum atomic E-state index is 12.0. The maximum absolute atomic E-state index is 12.0. The summed E-state index contributed by atoms with van der Waals surface area (Å²) in [7, 11) is 0. The first-order valence-electron chi connectivity index (χ1n) is 6.71. The van der Waals surface area contributed by atoms with Crippen LogP contribution in [0, 0.1) is 0 Å². The van der Waals surface area contributed by atoms with Crippen LogP contribution in [-0.4, -0.2) is 18.5 Å². The Morgan fingerprint density at radius 1 is 0.905 bits per heavy atom. The molecule has 108 valence electrons. The van der Waals surface area contributed by atoms with Gasteiger partial charge in [0.1, 0.15) is 0 Å². The molecule has 0 unspecified atom stereocenters. The van der Waals surface area contributed by atoms with Crippen molar-refractivity contribution in [1.29, 1.82) is 0 Å². The third-order valence-electron chi connectivity index (χ3n) is 2.79. The molecule has 3 amide bonds. The molecule has 0 saturated carbocycles. The molecular formula is C16H17N3O2. The Morgan fingerprint density at radius 3 is 2.29 bits per heavy atom. The van der Waals surface area contributed by atoms with E-state index in [2.05, 4.69) is 16.0 Å². The van der Waals surface area contributed by atoms with E-state index in [9.17, 15) is 9.59 Å². The van der Waals surface area contributed by atoms with E-state index < -0.39 is 6.03 Å². The number of rotatable bonds is 4. The second-order valence-electron chi connectivity index (χ2n) is 4.35. The van der Waals surface area contributed by atoms with Crippen molar-refractivity contribution in [3.8, 4) is 0 Å². The van der Waals surface area contributed by atoms with Crippen molar-refractivity contribution in [2.75, 3.05) is 17.2 Å². The largest absolute Gasteiger partial charge is 0.352 e. The van der Waals surface area contributed by atoms with Gasteiger partial charge in [0, 0.05) is 12.2 Å². The number of anilines is 2. The minimum absolute atomic E-state index is 0.215. The quantitative estimate of drug-likeness (QED) is 0.807. The summed E-state index contributed by atoms with van der Waals surface area (Å²) in [5, 5.41) is 8.11. The van der Waals surface area contributed by atoms with E-state index in [0.29, 0.717) is 23.5 Å². The number of carbonyl (C=O) groups excluding carboxylic acids is 2. The van der Waals surface area contributed by atoms with Gasteiger partial charge in [-0.2, -0.15) is 0 Å². The van der Waals surface area contributed by atoms with E-state index in [1.807, 2.05) is 25.1 Å². The molecule has 0 fully saturated rings. The molecule has 0 bridgehead atoms. The Kier molecular flexibility index (Phi) is 4.93. The molecule has 0 saturated heterocycles. The predicted octanol–water partition coefficient (Wildman–Crippen LogP) is 3.08. The first kappa shape index (κ1) is 14.6. The first-order chi connectivity index (χ1) is 10.2. The van der Waals surface area contributed by atoms with Crippen molar-refractivity contribution in [2.24, 2.45) is 0 Å². The second kappa shape index (κ2) is 7.09. The van der Waals surface area contributed by atoms with Gasteiger partial charge in [0.05, 0.1) is 11.3 Å². The van der Waals surface area contributed by atoms with Gasteiger partial charge in [-0.15, -0.1) is 0 Å². The zero-order valence-electron chi connectivity index (χ0n) is 11.7. The van der Waals surface area contributed by atoms with Crippen LogP contribution in [0.1, 0.15) is 17.3 Å². The van der Waals surface area contributed by atoms with Crippen molar-refractivity contribution < 1.29 is 9.59 Å². The molecule has 0 heterocycles. The van der Waals surface area contributed by atoms with Crippen LogP contribution in [0.25, 0.3) is 0 Å². The fourth-order valence-electron chi connectivity index (χ4n) is 1.85. The van der Waals surface area contributed by atoms with Crippen molar-refractivity contribution in [3.63, 3.8) is 0 Å². The summed E-state index contributed by atoms with van der Waals surface area (Å²) in [4.78, 5) is 23.9. The minimum Gasteiger partial charge on any atom is -0.352 e. The van der Waals surface area contributed by atoms with Crippen molar-refractivity contribution in [2.45, 2.75) is 6.92 Å². The van der Waals surface area contributed by atoms with Crippen molar-refractivity contribution in [3.05, 3.63) is 60.2 Å². The van der Waals surface area contributed by atoms with E-state index in [4.69, 9.17) is 0 Å². The smallest absolute Gasteiger partial charge is 0.323 e. The van der Waals surface area contributed by atoms with E-state index >= 15 is 0 Å². The zero-order valence-corrected chi connectivity index (χ0v) is 11.7. The fourth-order valence-corrected chi connectivity index (χ4v) is 1.85. The fraction of sp³-hybridized carbons (Fsp3) is 0.125. The van der Waals surface area contributed by atoms with Crippen molar-refractivity contribution >= 4 is 23.3 Å². The molecule has 0 radical (unpaired) electrons. The van der Waals surface area contributed by atoms with E-state index in [1.54, 1.807) is 36.4 Å². The lowest BCUT2D eigenvalue weighted by atomic mass is 10.1. The Morgan fingerprint density at radius 2 is 1.57 bits per heavy atom. The Hall–Kier alpha value is -2.82. The number of benzene rings is 2. The van der Waals surface area contributed by atoms with Crippen LogP contribution in [0.2, 0.25) is 0 Å². The number of para-hydroxylation sites is 2. The number of nitrogens with one attached hydrogen (secondary N) is 3. The molecular weight excluding hydrogens is 266 g/mol. The van der Waals surface area contributed by atoms with Gasteiger partial charge < -0.3 is 16.0 Å². The van der Waals surface area contributed by atoms with Gasteiger partial charge >= 0.3 is 6.03 Å². The number of hydrogen-bond donors (Lipinski definition) is 3. The second-order valence-corrected chi connectivity index (χ2v) is 4.35. The monoisotopic (exact) mass is 283 g/mol. The average molecular weight is 283 g/mol. The number of amides is 3. The predicted molar refractivity (Wildman–Crippen MR) is 83.5 cm³/mol. The molecule has 0 aliphatic rings. The molecule has 21 heavy (non-hydrogen) atoms. The SMILES string of the molecule is CCNC(=O)c1ccccc1NC(=O)Nc1ccccc1. The number of hydrogen-bond acceptors (Lipinski definition) is 2. The summed E-state index contributed by atoms with van der Waals surface area (Å²) in [6.07, 6.45) is 0. The number of urea groups is 1. The molecule has 0 atom stereocenters. The van der Waals surface area contributed by atoms with Crippen LogP contribution in [0.3, 0.4) is 0 Å². The molecule has 2 aromatic rings. The summed E-state index contributed by atoms with van der Waals surface area (Å²) in [5.41, 5.74) is 1.59. The van der Waals surface area contributed by atoms with E-state index in [0.717, 1.165) is 0 Å². The first-order valence-corrected chi connectivity index (χ1v) is 6.71. The lowest BCUT2D eigenvalue weighted by Gasteiger charge is -2.11. The highest BCUT2D eigenvalue weighted by Crippen LogP contribution is 2.15. The summed E-state index contributed by atoms with van der Waals surface area (Å²) in [6, 6.07) is 15.6. The maximum Gasteiger partial charge on any atom is 0.323 e. The minimum atomic E-state index is -0.391.